The Morgan fingerprint density at radius 2 is 2.05 bits per heavy atom. The van der Waals surface area contributed by atoms with E-state index in [1.807, 2.05) is 0 Å². The van der Waals surface area contributed by atoms with Gasteiger partial charge in [-0.15, -0.1) is 0 Å². The summed E-state index contributed by atoms with van der Waals surface area (Å²) in [6.07, 6.45) is 0.358. The van der Waals surface area contributed by atoms with Crippen LogP contribution in [0.5, 0.6) is 0 Å². The molecule has 1 heterocycles. The van der Waals surface area contributed by atoms with Crippen LogP contribution in [0.2, 0.25) is 0 Å². The molecule has 0 aromatic rings. The van der Waals surface area contributed by atoms with Crippen LogP contribution in [0.25, 0.3) is 0 Å². The van der Waals surface area contributed by atoms with Crippen LogP contribution in [-0.4, -0.2) is 42.8 Å². The normalized spacial score (nSPS) is 19.1. The van der Waals surface area contributed by atoms with Gasteiger partial charge in [0, 0.05) is 11.3 Å². The van der Waals surface area contributed by atoms with E-state index in [2.05, 4.69) is 4.74 Å². The molecule has 0 aromatic carbocycles. The maximum Gasteiger partial charge on any atom is 0.350 e. The van der Waals surface area contributed by atoms with E-state index in [1.165, 1.54) is 7.11 Å². The molecule has 0 spiro atoms. The summed E-state index contributed by atoms with van der Waals surface area (Å²) >= 11 is 0. The first kappa shape index (κ1) is 16.9. The molecule has 1 atom stereocenters. The molecule has 1 aliphatic heterocycles. The molecule has 8 nitrogen and oxygen atoms in total. The molecule has 1 aliphatic rings. The quantitative estimate of drug-likeness (QED) is 0.383. The smallest absolute Gasteiger partial charge is 0.350 e. The molecule has 0 aromatic heterocycles. The van der Waals surface area contributed by atoms with Gasteiger partial charge in [-0.1, -0.05) is 0 Å². The van der Waals surface area contributed by atoms with Crippen molar-refractivity contribution >= 4 is 19.3 Å². The Kier molecular flexibility index (Phi) is 6.45. The van der Waals surface area contributed by atoms with E-state index in [9.17, 15) is 14.6 Å². The highest BCUT2D eigenvalue weighted by atomic mass is 31.2. The molecule has 0 amide bonds. The van der Waals surface area contributed by atoms with Gasteiger partial charge < -0.3 is 18.6 Å². The number of carbonyl (C=O) groups is 1. The fourth-order valence-corrected chi connectivity index (χ4v) is 3.54. The average molecular weight is 309 g/mol. The minimum Gasteiger partial charge on any atom is -0.469 e. The van der Waals surface area contributed by atoms with Crippen LogP contribution in [0, 0.1) is 5.21 Å². The van der Waals surface area contributed by atoms with Crippen LogP contribution in [0.4, 0.5) is 0 Å². The lowest BCUT2D eigenvalue weighted by atomic mass is 10.2. The number of hydrogen-bond acceptors (Lipinski definition) is 7. The Balaban J connectivity index is 2.66. The number of ether oxygens (including phenoxy) is 1. The number of nitrogens with zero attached hydrogens (tertiary/aromatic N) is 1. The van der Waals surface area contributed by atoms with Gasteiger partial charge in [0.1, 0.15) is 0 Å². The predicted molar refractivity (Wildman–Crippen MR) is 70.2 cm³/mol. The van der Waals surface area contributed by atoms with Gasteiger partial charge in [-0.2, -0.15) is 0 Å². The average Bonchev–Trinajstić information content (AvgIpc) is 2.78. The van der Waals surface area contributed by atoms with E-state index >= 15 is 0 Å². The van der Waals surface area contributed by atoms with Gasteiger partial charge in [-0.05, 0) is 13.8 Å². The number of esters is 1. The maximum absolute atomic E-state index is 12.5. The van der Waals surface area contributed by atoms with Crippen molar-refractivity contribution in [2.75, 3.05) is 20.3 Å². The molecule has 9 heteroatoms. The van der Waals surface area contributed by atoms with Crippen molar-refractivity contribution in [3.05, 3.63) is 5.21 Å². The Morgan fingerprint density at radius 3 is 2.55 bits per heavy atom. The van der Waals surface area contributed by atoms with Crippen molar-refractivity contribution in [1.82, 2.24) is 0 Å². The minimum atomic E-state index is -3.50. The van der Waals surface area contributed by atoms with E-state index in [1.54, 1.807) is 13.8 Å². The van der Waals surface area contributed by atoms with Gasteiger partial charge in [0.25, 0.3) is 0 Å². The zero-order valence-electron chi connectivity index (χ0n) is 11.9. The lowest BCUT2D eigenvalue weighted by Gasteiger charge is -2.22. The number of rotatable bonds is 8. The molecule has 0 unspecified atom stereocenters. The van der Waals surface area contributed by atoms with Crippen LogP contribution in [0.3, 0.4) is 0 Å². The zero-order chi connectivity index (χ0) is 15.2. The molecule has 0 radical (unpaired) electrons. The summed E-state index contributed by atoms with van der Waals surface area (Å²) in [5, 5.41) is 11.6. The van der Waals surface area contributed by atoms with Crippen LogP contribution >= 0.6 is 7.60 Å². The van der Waals surface area contributed by atoms with Crippen LogP contribution in [0.15, 0.2) is 0 Å². The van der Waals surface area contributed by atoms with Gasteiger partial charge in [-0.3, -0.25) is 14.6 Å². The first-order valence-electron chi connectivity index (χ1n) is 6.41. The molecule has 0 saturated heterocycles. The molecular weight excluding hydrogens is 289 g/mol. The molecule has 0 N–H and O–H groups in total. The molecule has 1 rings (SSSR count). The highest BCUT2D eigenvalue weighted by Crippen LogP contribution is 2.55. The molecular formula is C11H20NO7P. The summed E-state index contributed by atoms with van der Waals surface area (Å²) in [5.74, 6) is -1.39. The second-order valence-electron chi connectivity index (χ2n) is 4.04. The largest absolute Gasteiger partial charge is 0.469 e. The molecule has 0 fully saturated rings. The second-order valence-corrected chi connectivity index (χ2v) is 6.21. The lowest BCUT2D eigenvalue weighted by Crippen LogP contribution is -2.14. The third-order valence-electron chi connectivity index (χ3n) is 2.70. The number of methoxy groups -OCH3 is 1. The molecule has 116 valence electrons. The van der Waals surface area contributed by atoms with Crippen molar-refractivity contribution in [3.8, 4) is 0 Å². The summed E-state index contributed by atoms with van der Waals surface area (Å²) < 4.78 is 27.2. The maximum atomic E-state index is 12.5. The Hall–Kier alpha value is -1.11. The monoisotopic (exact) mass is 309 g/mol. The van der Waals surface area contributed by atoms with Gasteiger partial charge in [0.05, 0.1) is 33.2 Å². The van der Waals surface area contributed by atoms with E-state index in [4.69, 9.17) is 13.9 Å². The van der Waals surface area contributed by atoms with Crippen molar-refractivity contribution < 1.29 is 32.9 Å². The minimum absolute atomic E-state index is 0.0637. The van der Waals surface area contributed by atoms with E-state index < -0.39 is 19.4 Å². The number of hydrogen-bond donors (Lipinski definition) is 0. The van der Waals surface area contributed by atoms with E-state index in [0.29, 0.717) is 5.71 Å². The zero-order valence-corrected chi connectivity index (χ0v) is 12.8. The highest BCUT2D eigenvalue weighted by Gasteiger charge is 2.43. The van der Waals surface area contributed by atoms with E-state index in [-0.39, 0.29) is 37.4 Å². The van der Waals surface area contributed by atoms with Crippen LogP contribution in [-0.2, 0) is 28.0 Å². The van der Waals surface area contributed by atoms with Gasteiger partial charge in [0.15, 0.2) is 5.85 Å². The SMILES string of the molecule is CCOP(=O)(OCC)[C@@H]1CC(CCC(=O)OC)=[N+]([O-])O1. The van der Waals surface area contributed by atoms with Crippen molar-refractivity contribution in [3.63, 3.8) is 0 Å². The van der Waals surface area contributed by atoms with Gasteiger partial charge in [-0.25, -0.2) is 0 Å². The van der Waals surface area contributed by atoms with Gasteiger partial charge in [0.2, 0.25) is 5.71 Å². The summed E-state index contributed by atoms with van der Waals surface area (Å²) in [6, 6.07) is 0. The lowest BCUT2D eigenvalue weighted by molar-refractivity contribution is -0.736. The highest BCUT2D eigenvalue weighted by molar-refractivity contribution is 7.54. The fraction of sp³-hybridized carbons (Fsp3) is 0.818. The first-order valence-corrected chi connectivity index (χ1v) is 8.02. The Morgan fingerprint density at radius 1 is 1.45 bits per heavy atom. The summed E-state index contributed by atoms with van der Waals surface area (Å²) in [5.41, 5.74) is 0.319. The van der Waals surface area contributed by atoms with Crippen molar-refractivity contribution in [2.45, 2.75) is 39.0 Å². The van der Waals surface area contributed by atoms with Crippen LogP contribution < -0.4 is 0 Å². The first-order chi connectivity index (χ1) is 9.46. The second kappa shape index (κ2) is 7.61. The molecule has 0 saturated carbocycles. The fourth-order valence-electron chi connectivity index (χ4n) is 1.77. The number of carbonyl (C=O) groups excluding carboxylic acids is 1. The predicted octanol–water partition coefficient (Wildman–Crippen LogP) is 1.82. The van der Waals surface area contributed by atoms with Crippen molar-refractivity contribution in [1.29, 1.82) is 0 Å². The summed E-state index contributed by atoms with van der Waals surface area (Å²) in [7, 11) is -2.22. The van der Waals surface area contributed by atoms with Crippen LogP contribution in [0.1, 0.15) is 33.1 Å². The Labute approximate surface area is 117 Å². The summed E-state index contributed by atoms with van der Waals surface area (Å²) in [6.45, 7) is 3.73. The standard InChI is InChI=1S/C11H20NO7P/c1-4-17-20(15,18-5-2)11-8-9(12(14)19-11)6-7-10(13)16-3/h11H,4-8H2,1-3H3/t11-/m1/s1. The molecule has 0 bridgehead atoms. The van der Waals surface area contributed by atoms with E-state index in [0.717, 1.165) is 0 Å². The summed E-state index contributed by atoms with van der Waals surface area (Å²) in [4.78, 5) is 16.3. The molecule has 20 heavy (non-hydrogen) atoms. The third-order valence-corrected chi connectivity index (χ3v) is 4.92. The molecule has 0 aliphatic carbocycles. The van der Waals surface area contributed by atoms with Crippen molar-refractivity contribution in [2.24, 2.45) is 0 Å². The Bertz CT molecular complexity index is 413. The topological polar surface area (TPSA) is 97.1 Å². The third kappa shape index (κ3) is 4.19. The van der Waals surface area contributed by atoms with Gasteiger partial charge >= 0.3 is 13.6 Å².